The maximum atomic E-state index is 11.5. The van der Waals surface area contributed by atoms with Crippen molar-refractivity contribution in [1.82, 2.24) is 10.3 Å². The van der Waals surface area contributed by atoms with E-state index in [9.17, 15) is 9.59 Å². The van der Waals surface area contributed by atoms with E-state index in [1.54, 1.807) is 6.07 Å². The number of amides is 1. The molecule has 0 unspecified atom stereocenters. The number of nitrogens with one attached hydrogen (secondary N) is 1. The van der Waals surface area contributed by atoms with E-state index >= 15 is 0 Å². The normalized spacial score (nSPS) is 9.80. The second-order valence-electron chi connectivity index (χ2n) is 3.48. The third-order valence-corrected chi connectivity index (χ3v) is 2.08. The second kappa shape index (κ2) is 4.68. The molecule has 0 saturated heterocycles. The first-order valence-corrected chi connectivity index (χ1v) is 4.72. The lowest BCUT2D eigenvalue weighted by atomic mass is 10.2. The van der Waals surface area contributed by atoms with Crippen LogP contribution in [0.3, 0.4) is 0 Å². The van der Waals surface area contributed by atoms with E-state index in [1.165, 1.54) is 6.92 Å². The van der Waals surface area contributed by atoms with Crippen molar-refractivity contribution in [3.05, 3.63) is 29.1 Å². The third-order valence-electron chi connectivity index (χ3n) is 2.08. The molecule has 1 rings (SSSR count). The van der Waals surface area contributed by atoms with E-state index in [4.69, 9.17) is 0 Å². The Morgan fingerprint density at radius 1 is 1.33 bits per heavy atom. The Hall–Kier alpha value is -1.71. The van der Waals surface area contributed by atoms with Crippen LogP contribution in [0.15, 0.2) is 12.1 Å². The van der Waals surface area contributed by atoms with Crippen LogP contribution in [0.25, 0.3) is 0 Å². The summed E-state index contributed by atoms with van der Waals surface area (Å²) in [5.41, 5.74) is 2.21. The third kappa shape index (κ3) is 3.16. The van der Waals surface area contributed by atoms with Crippen LogP contribution in [0.2, 0.25) is 0 Å². The van der Waals surface area contributed by atoms with Gasteiger partial charge in [0.25, 0.3) is 5.91 Å². The van der Waals surface area contributed by atoms with Gasteiger partial charge in [-0.15, -0.1) is 0 Å². The molecule has 0 bridgehead atoms. The predicted octanol–water partition coefficient (Wildman–Crippen LogP) is 1.02. The molecule has 1 heterocycles. The number of aromatic nitrogens is 1. The zero-order valence-electron chi connectivity index (χ0n) is 9.13. The Bertz CT molecular complexity index is 400. The highest BCUT2D eigenvalue weighted by atomic mass is 16.2. The summed E-state index contributed by atoms with van der Waals surface area (Å²) >= 11 is 0. The van der Waals surface area contributed by atoms with E-state index in [0.717, 1.165) is 11.3 Å². The summed E-state index contributed by atoms with van der Waals surface area (Å²) in [6.07, 6.45) is 0. The van der Waals surface area contributed by atoms with E-state index in [1.807, 2.05) is 19.9 Å². The summed E-state index contributed by atoms with van der Waals surface area (Å²) in [6, 6.07) is 3.49. The molecule has 0 aromatic carbocycles. The van der Waals surface area contributed by atoms with Gasteiger partial charge in [0, 0.05) is 5.69 Å². The number of nitrogens with zero attached hydrogens (tertiary/aromatic N) is 1. The topological polar surface area (TPSA) is 59.1 Å². The van der Waals surface area contributed by atoms with Crippen LogP contribution >= 0.6 is 0 Å². The molecule has 1 aromatic rings. The number of hydrogen-bond donors (Lipinski definition) is 1. The van der Waals surface area contributed by atoms with Crippen molar-refractivity contribution in [1.29, 1.82) is 0 Å². The zero-order valence-corrected chi connectivity index (χ0v) is 9.13. The molecule has 0 saturated carbocycles. The van der Waals surface area contributed by atoms with Crippen molar-refractivity contribution < 1.29 is 9.59 Å². The molecule has 0 atom stereocenters. The van der Waals surface area contributed by atoms with Crippen molar-refractivity contribution in [2.75, 3.05) is 6.54 Å². The van der Waals surface area contributed by atoms with Crippen LogP contribution in [-0.4, -0.2) is 23.2 Å². The van der Waals surface area contributed by atoms with Gasteiger partial charge in [-0.05, 0) is 32.4 Å². The van der Waals surface area contributed by atoms with Crippen LogP contribution in [-0.2, 0) is 4.79 Å². The smallest absolute Gasteiger partial charge is 0.270 e. The lowest BCUT2D eigenvalue weighted by molar-refractivity contribution is -0.116. The Labute approximate surface area is 88.7 Å². The summed E-state index contributed by atoms with van der Waals surface area (Å²) < 4.78 is 0. The van der Waals surface area contributed by atoms with Gasteiger partial charge in [0.15, 0.2) is 0 Å². The number of aryl methyl sites for hydroxylation is 2. The van der Waals surface area contributed by atoms with Crippen molar-refractivity contribution >= 4 is 11.7 Å². The maximum absolute atomic E-state index is 11.5. The number of hydrogen-bond acceptors (Lipinski definition) is 3. The minimum Gasteiger partial charge on any atom is -0.344 e. The monoisotopic (exact) mass is 206 g/mol. The SMILES string of the molecule is CC(=O)CNC(=O)c1ccc(C)c(C)n1. The van der Waals surface area contributed by atoms with Gasteiger partial charge in [0.2, 0.25) is 0 Å². The maximum Gasteiger partial charge on any atom is 0.270 e. The highest BCUT2D eigenvalue weighted by Gasteiger charge is 2.08. The molecule has 0 aliphatic heterocycles. The van der Waals surface area contributed by atoms with Gasteiger partial charge in [-0.25, -0.2) is 4.98 Å². The van der Waals surface area contributed by atoms with Crippen LogP contribution < -0.4 is 5.32 Å². The standard InChI is InChI=1S/C11H14N2O2/c1-7-4-5-10(13-9(7)3)11(15)12-6-8(2)14/h4-5H,6H2,1-3H3,(H,12,15). The lowest BCUT2D eigenvalue weighted by Gasteiger charge is -2.04. The van der Waals surface area contributed by atoms with Gasteiger partial charge >= 0.3 is 0 Å². The summed E-state index contributed by atoms with van der Waals surface area (Å²) in [4.78, 5) is 26.3. The predicted molar refractivity (Wildman–Crippen MR) is 56.7 cm³/mol. The van der Waals surface area contributed by atoms with Crippen LogP contribution in [0, 0.1) is 13.8 Å². The molecule has 15 heavy (non-hydrogen) atoms. The van der Waals surface area contributed by atoms with E-state index < -0.39 is 0 Å². The number of carbonyl (C=O) groups excluding carboxylic acids is 2. The van der Waals surface area contributed by atoms with Crippen LogP contribution in [0.1, 0.15) is 28.7 Å². The highest BCUT2D eigenvalue weighted by Crippen LogP contribution is 2.04. The van der Waals surface area contributed by atoms with Crippen molar-refractivity contribution in [2.45, 2.75) is 20.8 Å². The molecule has 80 valence electrons. The molecule has 0 radical (unpaired) electrons. The number of rotatable bonds is 3. The first kappa shape index (κ1) is 11.4. The fourth-order valence-corrected chi connectivity index (χ4v) is 1.05. The van der Waals surface area contributed by atoms with Gasteiger partial charge in [-0.3, -0.25) is 9.59 Å². The quantitative estimate of drug-likeness (QED) is 0.803. The summed E-state index contributed by atoms with van der Waals surface area (Å²) in [5.74, 6) is -0.388. The van der Waals surface area contributed by atoms with Crippen LogP contribution in [0.4, 0.5) is 0 Å². The highest BCUT2D eigenvalue weighted by molar-refractivity contribution is 5.94. The molecular formula is C11H14N2O2. The van der Waals surface area contributed by atoms with Gasteiger partial charge in [0.1, 0.15) is 11.5 Å². The number of ketones is 1. The molecule has 0 spiro atoms. The van der Waals surface area contributed by atoms with Gasteiger partial charge in [-0.1, -0.05) is 6.07 Å². The minimum atomic E-state index is -0.312. The first-order chi connectivity index (χ1) is 7.00. The van der Waals surface area contributed by atoms with Gasteiger partial charge in [0.05, 0.1) is 6.54 Å². The fraction of sp³-hybridized carbons (Fsp3) is 0.364. The van der Waals surface area contributed by atoms with Crippen molar-refractivity contribution in [2.24, 2.45) is 0 Å². The van der Waals surface area contributed by atoms with E-state index in [0.29, 0.717) is 5.69 Å². The van der Waals surface area contributed by atoms with Crippen molar-refractivity contribution in [3.8, 4) is 0 Å². The van der Waals surface area contributed by atoms with Crippen LogP contribution in [0.5, 0.6) is 0 Å². The molecule has 0 aliphatic rings. The number of pyridine rings is 1. The van der Waals surface area contributed by atoms with Gasteiger partial charge < -0.3 is 5.32 Å². The summed E-state index contributed by atoms with van der Waals surface area (Å²) in [7, 11) is 0. The largest absolute Gasteiger partial charge is 0.344 e. The zero-order chi connectivity index (χ0) is 11.4. The minimum absolute atomic E-state index is 0.0490. The second-order valence-corrected chi connectivity index (χ2v) is 3.48. The molecule has 1 amide bonds. The average Bonchev–Trinajstić information content (AvgIpc) is 2.18. The molecule has 4 nitrogen and oxygen atoms in total. The number of carbonyl (C=O) groups is 2. The molecule has 0 aliphatic carbocycles. The lowest BCUT2D eigenvalue weighted by Crippen LogP contribution is -2.29. The fourth-order valence-electron chi connectivity index (χ4n) is 1.05. The number of Topliss-reactive ketones (excluding diaryl/α,β-unsaturated/α-hetero) is 1. The Morgan fingerprint density at radius 3 is 2.53 bits per heavy atom. The first-order valence-electron chi connectivity index (χ1n) is 4.72. The Morgan fingerprint density at radius 2 is 2.00 bits per heavy atom. The van der Waals surface area contributed by atoms with Crippen molar-refractivity contribution in [3.63, 3.8) is 0 Å². The molecule has 1 aromatic heterocycles. The van der Waals surface area contributed by atoms with E-state index in [-0.39, 0.29) is 18.2 Å². The summed E-state index contributed by atoms with van der Waals surface area (Å²) in [6.45, 7) is 5.25. The molecule has 1 N–H and O–H groups in total. The molecule has 4 heteroatoms. The average molecular weight is 206 g/mol. The Kier molecular flexibility index (Phi) is 3.55. The van der Waals surface area contributed by atoms with E-state index in [2.05, 4.69) is 10.3 Å². The summed E-state index contributed by atoms with van der Waals surface area (Å²) in [5, 5.41) is 2.49. The Balaban J connectivity index is 2.74. The molecular weight excluding hydrogens is 192 g/mol. The molecule has 0 fully saturated rings. The van der Waals surface area contributed by atoms with Gasteiger partial charge in [-0.2, -0.15) is 0 Å².